The number of likely N-dealkylation sites (tertiary alicyclic amines) is 1. The van der Waals surface area contributed by atoms with Crippen molar-refractivity contribution in [3.8, 4) is 0 Å². The summed E-state index contributed by atoms with van der Waals surface area (Å²) in [6, 6.07) is 0. The van der Waals surface area contributed by atoms with Gasteiger partial charge in [0.05, 0.1) is 19.1 Å². The second-order valence-electron chi connectivity index (χ2n) is 6.15. The second-order valence-corrected chi connectivity index (χ2v) is 7.66. The van der Waals surface area contributed by atoms with E-state index in [1.54, 1.807) is 0 Å². The molecule has 0 aromatic heterocycles. The minimum Gasteiger partial charge on any atom is -0.466 e. The fourth-order valence-corrected chi connectivity index (χ4v) is 2.54. The number of hydrogen-bond donors (Lipinski definition) is 1. The highest BCUT2D eigenvalue weighted by Crippen LogP contribution is 2.22. The van der Waals surface area contributed by atoms with E-state index in [0.717, 1.165) is 45.0 Å². The molecule has 0 aromatic carbocycles. The Labute approximate surface area is 162 Å². The maximum atomic E-state index is 11.8. The number of piperidine rings is 1. The highest BCUT2D eigenvalue weighted by Gasteiger charge is 2.27. The van der Waals surface area contributed by atoms with E-state index in [0.29, 0.717) is 6.61 Å². The number of hydrogen-bond acceptors (Lipinski definition) is 4. The zero-order chi connectivity index (χ0) is 16.6. The van der Waals surface area contributed by atoms with Crippen LogP contribution in [-0.2, 0) is 9.53 Å². The fourth-order valence-electron chi connectivity index (χ4n) is 2.34. The van der Waals surface area contributed by atoms with Gasteiger partial charge in [0.1, 0.15) is 0 Å². The van der Waals surface area contributed by atoms with Gasteiger partial charge in [0, 0.05) is 24.4 Å². The highest BCUT2D eigenvalue weighted by molar-refractivity contribution is 14.0. The molecule has 0 bridgehead atoms. The summed E-state index contributed by atoms with van der Waals surface area (Å²) in [5.41, 5.74) is 0. The summed E-state index contributed by atoms with van der Waals surface area (Å²) < 4.78 is 5.27. The van der Waals surface area contributed by atoms with Crippen LogP contribution >= 0.6 is 35.7 Å². The molecule has 1 aliphatic heterocycles. The zero-order valence-corrected chi connectivity index (χ0v) is 18.2. The average Bonchev–Trinajstić information content (AvgIpc) is 2.52. The monoisotopic (exact) mass is 457 g/mol. The van der Waals surface area contributed by atoms with Crippen molar-refractivity contribution in [3.05, 3.63) is 0 Å². The fraction of sp³-hybridized carbons (Fsp3) is 0.875. The van der Waals surface area contributed by atoms with E-state index >= 15 is 0 Å². The Morgan fingerprint density at radius 3 is 2.43 bits per heavy atom. The van der Waals surface area contributed by atoms with Crippen LogP contribution < -0.4 is 5.32 Å². The first-order chi connectivity index (χ1) is 10.4. The molecular weight excluding hydrogens is 425 g/mol. The molecule has 1 heterocycles. The van der Waals surface area contributed by atoms with Crippen molar-refractivity contribution in [1.29, 1.82) is 0 Å². The Balaban J connectivity index is 0.00000484. The van der Waals surface area contributed by atoms with Crippen molar-refractivity contribution < 1.29 is 9.53 Å². The van der Waals surface area contributed by atoms with Gasteiger partial charge in [-0.25, -0.2) is 0 Å². The Kier molecular flexibility index (Phi) is 11.3. The first-order valence-electron chi connectivity index (χ1n) is 8.18. The Bertz CT molecular complexity index is 384. The minimum absolute atomic E-state index is 0. The predicted molar refractivity (Wildman–Crippen MR) is 110 cm³/mol. The summed E-state index contributed by atoms with van der Waals surface area (Å²) in [6.07, 6.45) is 3.80. The molecule has 0 radical (unpaired) electrons. The molecule has 5 nitrogen and oxygen atoms in total. The molecule has 1 fully saturated rings. The molecular formula is C16H32IN3O2S. The first kappa shape index (κ1) is 22.8. The number of esters is 1. The molecule has 0 saturated carbocycles. The summed E-state index contributed by atoms with van der Waals surface area (Å²) in [7, 11) is 0. The molecule has 0 atom stereocenters. The number of nitrogens with one attached hydrogen (secondary N) is 1. The van der Waals surface area contributed by atoms with Crippen LogP contribution in [0, 0.1) is 5.92 Å². The summed E-state index contributed by atoms with van der Waals surface area (Å²) in [5, 5.41) is 3.37. The number of carbonyl (C=O) groups is 1. The van der Waals surface area contributed by atoms with Gasteiger partial charge in [0.2, 0.25) is 0 Å². The van der Waals surface area contributed by atoms with Crippen LogP contribution in [-0.4, -0.2) is 60.6 Å². The maximum absolute atomic E-state index is 11.8. The molecule has 0 aromatic rings. The van der Waals surface area contributed by atoms with Crippen LogP contribution in [0.3, 0.4) is 0 Å². The average molecular weight is 457 g/mol. The summed E-state index contributed by atoms with van der Waals surface area (Å²) in [6.45, 7) is 12.2. The molecule has 1 saturated heterocycles. The van der Waals surface area contributed by atoms with Crippen molar-refractivity contribution in [1.82, 2.24) is 10.2 Å². The zero-order valence-electron chi connectivity index (χ0n) is 15.1. The van der Waals surface area contributed by atoms with E-state index in [9.17, 15) is 4.79 Å². The van der Waals surface area contributed by atoms with Crippen LogP contribution in [0.25, 0.3) is 0 Å². The van der Waals surface area contributed by atoms with E-state index in [1.165, 1.54) is 0 Å². The molecule has 0 unspecified atom stereocenters. The molecule has 136 valence electrons. The normalized spacial score (nSPS) is 16.7. The van der Waals surface area contributed by atoms with Crippen molar-refractivity contribution >= 4 is 47.7 Å². The van der Waals surface area contributed by atoms with Crippen molar-refractivity contribution in [3.63, 3.8) is 0 Å². The lowest BCUT2D eigenvalue weighted by Crippen LogP contribution is -2.47. The summed E-state index contributed by atoms with van der Waals surface area (Å²) >= 11 is 1.83. The molecule has 1 aliphatic rings. The van der Waals surface area contributed by atoms with Gasteiger partial charge in [-0.2, -0.15) is 11.8 Å². The van der Waals surface area contributed by atoms with Crippen molar-refractivity contribution in [2.24, 2.45) is 10.9 Å². The van der Waals surface area contributed by atoms with Gasteiger partial charge in [-0.1, -0.05) is 0 Å². The molecule has 23 heavy (non-hydrogen) atoms. The van der Waals surface area contributed by atoms with Gasteiger partial charge >= 0.3 is 5.97 Å². The SMILES string of the molecule is CCNC(=NCC(C)(C)SC)N1CCC(C(=O)OCC)CC1.I. The standard InChI is InChI=1S/C16H31N3O2S.HI/c1-6-17-15(18-12-16(3,4)22-5)19-10-8-13(9-11-19)14(20)21-7-2;/h13H,6-12H2,1-5H3,(H,17,18);1H. The van der Waals surface area contributed by atoms with Gasteiger partial charge in [0.15, 0.2) is 5.96 Å². The lowest BCUT2D eigenvalue weighted by Gasteiger charge is -2.33. The number of guanidine groups is 1. The number of carbonyl (C=O) groups excluding carboxylic acids is 1. The third-order valence-electron chi connectivity index (χ3n) is 3.91. The largest absolute Gasteiger partial charge is 0.466 e. The molecule has 1 rings (SSSR count). The lowest BCUT2D eigenvalue weighted by molar-refractivity contribution is -0.149. The number of nitrogens with zero attached hydrogens (tertiary/aromatic N) is 2. The molecule has 0 amide bonds. The van der Waals surface area contributed by atoms with E-state index < -0.39 is 0 Å². The lowest BCUT2D eigenvalue weighted by atomic mass is 9.97. The van der Waals surface area contributed by atoms with Gasteiger partial charge in [-0.15, -0.1) is 24.0 Å². The van der Waals surface area contributed by atoms with Gasteiger partial charge in [-0.3, -0.25) is 9.79 Å². The van der Waals surface area contributed by atoms with Crippen molar-refractivity contribution in [2.75, 3.05) is 39.0 Å². The third kappa shape index (κ3) is 7.96. The van der Waals surface area contributed by atoms with Crippen LogP contribution in [0.5, 0.6) is 0 Å². The third-order valence-corrected chi connectivity index (χ3v) is 5.15. The van der Waals surface area contributed by atoms with E-state index in [1.807, 2.05) is 18.7 Å². The predicted octanol–water partition coefficient (Wildman–Crippen LogP) is 2.99. The smallest absolute Gasteiger partial charge is 0.309 e. The van der Waals surface area contributed by atoms with Crippen LogP contribution in [0.15, 0.2) is 4.99 Å². The number of rotatable bonds is 6. The van der Waals surface area contributed by atoms with Crippen LogP contribution in [0.4, 0.5) is 0 Å². The highest BCUT2D eigenvalue weighted by atomic mass is 127. The van der Waals surface area contributed by atoms with Crippen LogP contribution in [0.1, 0.15) is 40.5 Å². The Morgan fingerprint density at radius 1 is 1.35 bits per heavy atom. The molecule has 0 spiro atoms. The van der Waals surface area contributed by atoms with Crippen LogP contribution in [0.2, 0.25) is 0 Å². The first-order valence-corrected chi connectivity index (χ1v) is 9.41. The van der Waals surface area contributed by atoms with Gasteiger partial charge in [0.25, 0.3) is 0 Å². The Hall–Kier alpha value is -0.180. The maximum Gasteiger partial charge on any atom is 0.309 e. The molecule has 0 aliphatic carbocycles. The van der Waals surface area contributed by atoms with E-state index in [-0.39, 0.29) is 40.6 Å². The molecule has 1 N–H and O–H groups in total. The minimum atomic E-state index is -0.0485. The number of halogens is 1. The van der Waals surface area contributed by atoms with Crippen molar-refractivity contribution in [2.45, 2.75) is 45.3 Å². The molecule has 7 heteroatoms. The second kappa shape index (κ2) is 11.4. The quantitative estimate of drug-likeness (QED) is 0.288. The Morgan fingerprint density at radius 2 is 1.96 bits per heavy atom. The van der Waals surface area contributed by atoms with Gasteiger partial charge in [-0.05, 0) is 46.8 Å². The number of thioether (sulfide) groups is 1. The van der Waals surface area contributed by atoms with Gasteiger partial charge < -0.3 is 15.0 Å². The number of aliphatic imine (C=N–C) groups is 1. The number of ether oxygens (including phenoxy) is 1. The van der Waals surface area contributed by atoms with E-state index in [4.69, 9.17) is 9.73 Å². The topological polar surface area (TPSA) is 53.9 Å². The summed E-state index contributed by atoms with van der Waals surface area (Å²) in [5.74, 6) is 0.959. The van der Waals surface area contributed by atoms with E-state index in [2.05, 4.69) is 37.2 Å². The summed E-state index contributed by atoms with van der Waals surface area (Å²) in [4.78, 5) is 18.8.